The van der Waals surface area contributed by atoms with Crippen LogP contribution in [0, 0.1) is 0 Å². The normalized spacial score (nSPS) is 49.0. The molecule has 0 unspecified atom stereocenters. The zero-order chi connectivity index (χ0) is 27.6. The van der Waals surface area contributed by atoms with E-state index in [-0.39, 0.29) is 0 Å². The number of rotatable bonds is 8. The maximum atomic E-state index is 12.0. The van der Waals surface area contributed by atoms with Crippen molar-refractivity contribution in [2.24, 2.45) is 0 Å². The van der Waals surface area contributed by atoms with Gasteiger partial charge in [0.1, 0.15) is 73.2 Å². The van der Waals surface area contributed by atoms with Crippen LogP contribution in [0.4, 0.5) is 0 Å². The van der Waals surface area contributed by atoms with Crippen molar-refractivity contribution in [2.45, 2.75) is 99.0 Å². The molecule has 0 saturated carbocycles. The van der Waals surface area contributed by atoms with E-state index in [9.17, 15) is 55.9 Å². The molecule has 3 fully saturated rings. The predicted octanol–water partition coefficient (Wildman–Crippen LogP) is -7.43. The molecule has 0 aromatic rings. The monoisotopic (exact) mass is 545 g/mol. The van der Waals surface area contributed by atoms with Crippen molar-refractivity contribution in [2.75, 3.05) is 19.8 Å². The smallest absolute Gasteiger partial charge is 0.217 e. The fourth-order valence-electron chi connectivity index (χ4n) is 4.45. The summed E-state index contributed by atoms with van der Waals surface area (Å²) in [5.74, 6) is -0.694. The van der Waals surface area contributed by atoms with E-state index in [1.165, 1.54) is 0 Å². The van der Waals surface area contributed by atoms with E-state index >= 15 is 0 Å². The van der Waals surface area contributed by atoms with Crippen LogP contribution in [0.3, 0.4) is 0 Å². The van der Waals surface area contributed by atoms with Gasteiger partial charge < -0.3 is 80.1 Å². The minimum Gasteiger partial charge on any atom is -0.394 e. The number of hydrogen-bond donors (Lipinski definition) is 11. The van der Waals surface area contributed by atoms with E-state index in [0.29, 0.717) is 0 Å². The van der Waals surface area contributed by atoms with Gasteiger partial charge in [0.2, 0.25) is 5.91 Å². The highest BCUT2D eigenvalue weighted by molar-refractivity contribution is 5.73. The number of amides is 1. The van der Waals surface area contributed by atoms with Gasteiger partial charge in [-0.3, -0.25) is 4.79 Å². The summed E-state index contributed by atoms with van der Waals surface area (Å²) in [4.78, 5) is 12.0. The van der Waals surface area contributed by atoms with Crippen LogP contribution in [0.2, 0.25) is 0 Å². The summed E-state index contributed by atoms with van der Waals surface area (Å²) in [6.07, 6.45) is -23.4. The molecule has 0 radical (unpaired) electrons. The predicted molar refractivity (Wildman–Crippen MR) is 113 cm³/mol. The highest BCUT2D eigenvalue weighted by atomic mass is 16.7. The maximum Gasteiger partial charge on any atom is 0.217 e. The molecule has 1 amide bonds. The SMILES string of the molecule is CC(=O)N[C@H]1[C@H](O[C@@H]2[C@@H](O)[C@@H](O)O[C@H](CO)[C@@H]2O)O[C@H](CO)[C@H](O)[C@@H]1O[C@@H]1O[C@H](CO)[C@H](O)[C@H](O)[C@H]1O. The van der Waals surface area contributed by atoms with Gasteiger partial charge in [0.05, 0.1) is 19.8 Å². The third-order valence-electron chi connectivity index (χ3n) is 6.49. The first-order valence-corrected chi connectivity index (χ1v) is 11.6. The second kappa shape index (κ2) is 12.8. The Labute approximate surface area is 210 Å². The Balaban J connectivity index is 1.90. The topological polar surface area (TPSA) is 278 Å². The molecule has 3 saturated heterocycles. The van der Waals surface area contributed by atoms with Crippen molar-refractivity contribution in [3.05, 3.63) is 0 Å². The molecule has 0 spiro atoms. The Bertz CT molecular complexity index is 745. The lowest BCUT2D eigenvalue weighted by molar-refractivity contribution is -0.363. The standard InChI is InChI=1S/C20H35NO16/c1-5(25)21-9-16(36-20-14(30)13(29)10(26)6(2-22)35-20)11(27)8(4-24)34-19(9)37-17-12(28)7(3-23)33-18(32)15(17)31/h6-20,22-24,26-32H,2-4H2,1H3,(H,21,25)/t6-,7-,8-,9-,10+,11+,12+,13+,14-,15-,16-,17+,18+,19+,20+/m1/s1. The molecule has 3 aliphatic heterocycles. The molecule has 3 rings (SSSR count). The molecule has 17 heteroatoms. The van der Waals surface area contributed by atoms with Crippen molar-refractivity contribution in [3.8, 4) is 0 Å². The number of hydrogen-bond acceptors (Lipinski definition) is 16. The Morgan fingerprint density at radius 2 is 1.14 bits per heavy atom. The fraction of sp³-hybridized carbons (Fsp3) is 0.950. The lowest BCUT2D eigenvalue weighted by atomic mass is 9.94. The molecule has 11 N–H and O–H groups in total. The summed E-state index contributed by atoms with van der Waals surface area (Å²) >= 11 is 0. The van der Waals surface area contributed by atoms with E-state index in [2.05, 4.69) is 5.32 Å². The molecule has 0 aromatic carbocycles. The van der Waals surface area contributed by atoms with E-state index in [4.69, 9.17) is 23.7 Å². The van der Waals surface area contributed by atoms with Gasteiger partial charge in [-0.15, -0.1) is 0 Å². The molecule has 0 aliphatic carbocycles. The Morgan fingerprint density at radius 3 is 1.70 bits per heavy atom. The first-order chi connectivity index (χ1) is 17.4. The summed E-state index contributed by atoms with van der Waals surface area (Å²) in [6, 6.07) is -1.48. The minimum atomic E-state index is -1.88. The summed E-state index contributed by atoms with van der Waals surface area (Å²) in [6.45, 7) is -1.25. The van der Waals surface area contributed by atoms with E-state index in [1.807, 2.05) is 0 Å². The lowest BCUT2D eigenvalue weighted by Crippen LogP contribution is -2.69. The van der Waals surface area contributed by atoms with Crippen molar-refractivity contribution < 1.29 is 79.5 Å². The lowest BCUT2D eigenvalue weighted by Gasteiger charge is -2.49. The molecule has 15 atom stereocenters. The van der Waals surface area contributed by atoms with Gasteiger partial charge in [-0.05, 0) is 0 Å². The number of carbonyl (C=O) groups is 1. The molecule has 216 valence electrons. The van der Waals surface area contributed by atoms with Crippen LogP contribution in [-0.2, 0) is 28.5 Å². The average molecular weight is 545 g/mol. The van der Waals surface area contributed by atoms with Crippen molar-refractivity contribution in [3.63, 3.8) is 0 Å². The highest BCUT2D eigenvalue weighted by Gasteiger charge is 2.54. The molecule has 3 aliphatic rings. The number of nitrogens with one attached hydrogen (secondary N) is 1. The minimum absolute atomic E-state index is 0.694. The van der Waals surface area contributed by atoms with Crippen molar-refractivity contribution in [1.82, 2.24) is 5.32 Å². The molecule has 0 bridgehead atoms. The molecule has 37 heavy (non-hydrogen) atoms. The molecule has 17 nitrogen and oxygen atoms in total. The van der Waals surface area contributed by atoms with Gasteiger partial charge in [0.25, 0.3) is 0 Å². The number of aliphatic hydroxyl groups excluding tert-OH is 10. The molecular formula is C20H35NO16. The van der Waals surface area contributed by atoms with Gasteiger partial charge in [-0.2, -0.15) is 0 Å². The Morgan fingerprint density at radius 1 is 0.649 bits per heavy atom. The molecular weight excluding hydrogens is 510 g/mol. The number of aliphatic hydroxyl groups is 10. The summed E-state index contributed by atoms with van der Waals surface area (Å²) in [5, 5.41) is 103. The molecule has 0 aromatic heterocycles. The second-order valence-corrected chi connectivity index (χ2v) is 9.07. The van der Waals surface area contributed by atoms with Gasteiger partial charge in [-0.25, -0.2) is 0 Å². The first kappa shape index (κ1) is 30.4. The summed E-state index contributed by atoms with van der Waals surface area (Å²) in [7, 11) is 0. The third kappa shape index (κ3) is 6.38. The second-order valence-electron chi connectivity index (χ2n) is 9.07. The first-order valence-electron chi connectivity index (χ1n) is 11.6. The van der Waals surface area contributed by atoms with Crippen LogP contribution in [0.5, 0.6) is 0 Å². The van der Waals surface area contributed by atoms with Crippen LogP contribution in [-0.4, -0.2) is 169 Å². The van der Waals surface area contributed by atoms with Crippen molar-refractivity contribution >= 4 is 5.91 Å². The van der Waals surface area contributed by atoms with Crippen LogP contribution in [0.1, 0.15) is 6.92 Å². The molecule has 3 heterocycles. The van der Waals surface area contributed by atoms with Crippen LogP contribution in [0.25, 0.3) is 0 Å². The van der Waals surface area contributed by atoms with Gasteiger partial charge in [-0.1, -0.05) is 0 Å². The number of carbonyl (C=O) groups excluding carboxylic acids is 1. The highest BCUT2D eigenvalue weighted by Crippen LogP contribution is 2.32. The number of ether oxygens (including phenoxy) is 5. The maximum absolute atomic E-state index is 12.0. The average Bonchev–Trinajstić information content (AvgIpc) is 2.86. The summed E-state index contributed by atoms with van der Waals surface area (Å²) in [5.41, 5.74) is 0. The fourth-order valence-corrected chi connectivity index (χ4v) is 4.45. The van der Waals surface area contributed by atoms with Gasteiger partial charge in [0, 0.05) is 6.92 Å². The van der Waals surface area contributed by atoms with E-state index < -0.39 is 118 Å². The van der Waals surface area contributed by atoms with E-state index in [1.54, 1.807) is 0 Å². The van der Waals surface area contributed by atoms with Gasteiger partial charge in [0.15, 0.2) is 18.9 Å². The zero-order valence-corrected chi connectivity index (χ0v) is 19.7. The van der Waals surface area contributed by atoms with Crippen LogP contribution >= 0.6 is 0 Å². The van der Waals surface area contributed by atoms with Crippen LogP contribution < -0.4 is 5.32 Å². The van der Waals surface area contributed by atoms with E-state index in [0.717, 1.165) is 6.92 Å². The zero-order valence-electron chi connectivity index (χ0n) is 19.7. The largest absolute Gasteiger partial charge is 0.394 e. The van der Waals surface area contributed by atoms with Crippen LogP contribution in [0.15, 0.2) is 0 Å². The van der Waals surface area contributed by atoms with Crippen molar-refractivity contribution in [1.29, 1.82) is 0 Å². The third-order valence-corrected chi connectivity index (χ3v) is 6.49. The Hall–Kier alpha value is -1.13. The Kier molecular flexibility index (Phi) is 10.5. The summed E-state index contributed by atoms with van der Waals surface area (Å²) < 4.78 is 27.1. The quantitative estimate of drug-likeness (QED) is 0.135. The van der Waals surface area contributed by atoms with Gasteiger partial charge >= 0.3 is 0 Å².